The fourth-order valence-corrected chi connectivity index (χ4v) is 2.63. The van der Waals surface area contributed by atoms with E-state index in [2.05, 4.69) is 5.32 Å². The molecule has 1 aromatic rings. The van der Waals surface area contributed by atoms with Crippen LogP contribution in [-0.2, 0) is 9.59 Å². The monoisotopic (exact) mass is 287 g/mol. The second-order valence-electron chi connectivity index (χ2n) is 5.58. The van der Waals surface area contributed by atoms with Crippen LogP contribution >= 0.6 is 0 Å². The molecule has 21 heavy (non-hydrogen) atoms. The number of aliphatic carboxylic acids is 1. The predicted octanol–water partition coefficient (Wildman–Crippen LogP) is 3.69. The number of carboxylic acids is 1. The van der Waals surface area contributed by atoms with Crippen LogP contribution in [0.25, 0.3) is 6.08 Å². The van der Waals surface area contributed by atoms with Crippen LogP contribution in [0.4, 0.5) is 5.69 Å². The van der Waals surface area contributed by atoms with Crippen LogP contribution < -0.4 is 5.32 Å². The summed E-state index contributed by atoms with van der Waals surface area (Å²) in [6, 6.07) is 7.27. The SMILES string of the molecule is C/C(=C\c1cccc(NC(=O)C2CCCCC2)c1)C(=O)O. The second-order valence-corrected chi connectivity index (χ2v) is 5.58. The first kappa shape index (κ1) is 15.3. The Morgan fingerprint density at radius 3 is 2.62 bits per heavy atom. The summed E-state index contributed by atoms with van der Waals surface area (Å²) in [5.41, 5.74) is 1.76. The van der Waals surface area contributed by atoms with Crippen molar-refractivity contribution in [1.29, 1.82) is 0 Å². The van der Waals surface area contributed by atoms with E-state index in [1.54, 1.807) is 19.1 Å². The van der Waals surface area contributed by atoms with Crippen LogP contribution in [0.2, 0.25) is 0 Å². The van der Waals surface area contributed by atoms with Gasteiger partial charge in [-0.15, -0.1) is 0 Å². The third kappa shape index (κ3) is 4.45. The minimum absolute atomic E-state index is 0.0748. The lowest BCUT2D eigenvalue weighted by Gasteiger charge is -2.20. The number of hydrogen-bond acceptors (Lipinski definition) is 2. The molecule has 4 nitrogen and oxygen atoms in total. The van der Waals surface area contributed by atoms with E-state index in [1.165, 1.54) is 6.42 Å². The highest BCUT2D eigenvalue weighted by Crippen LogP contribution is 2.25. The molecule has 0 radical (unpaired) electrons. The zero-order valence-corrected chi connectivity index (χ0v) is 12.3. The number of anilines is 1. The van der Waals surface area contributed by atoms with Crippen LogP contribution in [-0.4, -0.2) is 17.0 Å². The van der Waals surface area contributed by atoms with Crippen molar-refractivity contribution in [1.82, 2.24) is 0 Å². The molecule has 1 fully saturated rings. The number of nitrogens with one attached hydrogen (secondary N) is 1. The van der Waals surface area contributed by atoms with Crippen molar-refractivity contribution in [2.45, 2.75) is 39.0 Å². The molecule has 1 aliphatic carbocycles. The molecule has 1 amide bonds. The summed E-state index contributed by atoms with van der Waals surface area (Å²) < 4.78 is 0. The van der Waals surface area contributed by atoms with Crippen LogP contribution in [0.1, 0.15) is 44.6 Å². The number of carbonyl (C=O) groups excluding carboxylic acids is 1. The Labute approximate surface area is 124 Å². The normalized spacial score (nSPS) is 16.5. The van der Waals surface area contributed by atoms with Crippen molar-refractivity contribution >= 4 is 23.6 Å². The summed E-state index contributed by atoms with van der Waals surface area (Å²) in [6.07, 6.45) is 6.99. The molecule has 0 aliphatic heterocycles. The van der Waals surface area contributed by atoms with Gasteiger partial charge in [-0.1, -0.05) is 31.4 Å². The third-order valence-corrected chi connectivity index (χ3v) is 3.85. The van der Waals surface area contributed by atoms with Gasteiger partial charge in [0.2, 0.25) is 5.91 Å². The molecular formula is C17H21NO3. The molecule has 1 aromatic carbocycles. The molecule has 0 heterocycles. The Morgan fingerprint density at radius 2 is 1.95 bits per heavy atom. The van der Waals surface area contributed by atoms with Gasteiger partial charge in [0.15, 0.2) is 0 Å². The molecule has 0 bridgehead atoms. The van der Waals surface area contributed by atoms with Gasteiger partial charge in [0.05, 0.1) is 0 Å². The zero-order chi connectivity index (χ0) is 15.2. The highest BCUT2D eigenvalue weighted by molar-refractivity contribution is 5.94. The first-order valence-electron chi connectivity index (χ1n) is 7.39. The molecule has 4 heteroatoms. The number of amides is 1. The van der Waals surface area contributed by atoms with Gasteiger partial charge in [-0.2, -0.15) is 0 Å². The Morgan fingerprint density at radius 1 is 1.24 bits per heavy atom. The quantitative estimate of drug-likeness (QED) is 0.830. The summed E-state index contributed by atoms with van der Waals surface area (Å²) >= 11 is 0. The maximum Gasteiger partial charge on any atom is 0.331 e. The van der Waals surface area contributed by atoms with Crippen molar-refractivity contribution in [3.63, 3.8) is 0 Å². The number of hydrogen-bond donors (Lipinski definition) is 2. The maximum atomic E-state index is 12.2. The van der Waals surface area contributed by atoms with Gasteiger partial charge in [-0.05, 0) is 43.5 Å². The van der Waals surface area contributed by atoms with E-state index in [1.807, 2.05) is 18.2 Å². The lowest BCUT2D eigenvalue weighted by Crippen LogP contribution is -2.24. The van der Waals surface area contributed by atoms with Crippen molar-refractivity contribution in [3.8, 4) is 0 Å². The highest BCUT2D eigenvalue weighted by atomic mass is 16.4. The molecule has 2 N–H and O–H groups in total. The molecule has 1 saturated carbocycles. The Bertz CT molecular complexity index is 557. The van der Waals surface area contributed by atoms with Gasteiger partial charge in [-0.25, -0.2) is 4.79 Å². The topological polar surface area (TPSA) is 66.4 Å². The van der Waals surface area contributed by atoms with Gasteiger partial charge in [0.1, 0.15) is 0 Å². The largest absolute Gasteiger partial charge is 0.478 e. The predicted molar refractivity (Wildman–Crippen MR) is 82.9 cm³/mol. The molecule has 0 saturated heterocycles. The molecule has 1 aliphatic rings. The Balaban J connectivity index is 2.05. The summed E-state index contributed by atoms with van der Waals surface area (Å²) in [7, 11) is 0. The number of rotatable bonds is 4. The fraction of sp³-hybridized carbons (Fsp3) is 0.412. The number of benzene rings is 1. The van der Waals surface area contributed by atoms with Gasteiger partial charge < -0.3 is 10.4 Å². The lowest BCUT2D eigenvalue weighted by atomic mass is 9.88. The van der Waals surface area contributed by atoms with Crippen molar-refractivity contribution in [2.24, 2.45) is 5.92 Å². The molecule has 0 aromatic heterocycles. The number of carbonyl (C=O) groups is 2. The first-order valence-corrected chi connectivity index (χ1v) is 7.39. The minimum atomic E-state index is -0.938. The summed E-state index contributed by atoms with van der Waals surface area (Å²) in [5, 5.41) is 11.8. The van der Waals surface area contributed by atoms with E-state index in [0.29, 0.717) is 0 Å². The summed E-state index contributed by atoms with van der Waals surface area (Å²) in [6.45, 7) is 1.55. The minimum Gasteiger partial charge on any atom is -0.478 e. The van der Waals surface area contributed by atoms with E-state index >= 15 is 0 Å². The van der Waals surface area contributed by atoms with Crippen LogP contribution in [0.5, 0.6) is 0 Å². The zero-order valence-electron chi connectivity index (χ0n) is 12.3. The smallest absolute Gasteiger partial charge is 0.331 e. The van der Waals surface area contributed by atoms with E-state index in [-0.39, 0.29) is 17.4 Å². The molecule has 2 rings (SSSR count). The molecule has 0 spiro atoms. The van der Waals surface area contributed by atoms with Gasteiger partial charge in [0.25, 0.3) is 0 Å². The van der Waals surface area contributed by atoms with Gasteiger partial charge in [0, 0.05) is 17.2 Å². The first-order chi connectivity index (χ1) is 10.1. The van der Waals surface area contributed by atoms with Crippen molar-refractivity contribution < 1.29 is 14.7 Å². The fourth-order valence-electron chi connectivity index (χ4n) is 2.63. The van der Waals surface area contributed by atoms with Crippen LogP contribution in [0.15, 0.2) is 29.8 Å². The van der Waals surface area contributed by atoms with Crippen LogP contribution in [0, 0.1) is 5.92 Å². The highest BCUT2D eigenvalue weighted by Gasteiger charge is 2.20. The second kappa shape index (κ2) is 7.07. The average Bonchev–Trinajstić information content (AvgIpc) is 2.48. The van der Waals surface area contributed by atoms with E-state index in [9.17, 15) is 9.59 Å². The van der Waals surface area contributed by atoms with E-state index in [0.717, 1.165) is 36.9 Å². The van der Waals surface area contributed by atoms with E-state index < -0.39 is 5.97 Å². The standard InChI is InChI=1S/C17H21NO3/c1-12(17(20)21)10-13-6-5-9-15(11-13)18-16(19)14-7-3-2-4-8-14/h5-6,9-11,14H,2-4,7-8H2,1H3,(H,18,19)(H,20,21)/b12-10+. The van der Waals surface area contributed by atoms with Crippen molar-refractivity contribution in [3.05, 3.63) is 35.4 Å². The number of carboxylic acid groups (broad SMARTS) is 1. The van der Waals surface area contributed by atoms with Gasteiger partial charge >= 0.3 is 5.97 Å². The molecule has 0 unspecified atom stereocenters. The van der Waals surface area contributed by atoms with Gasteiger partial charge in [-0.3, -0.25) is 4.79 Å². The van der Waals surface area contributed by atoms with E-state index in [4.69, 9.17) is 5.11 Å². The third-order valence-electron chi connectivity index (χ3n) is 3.85. The summed E-state index contributed by atoms with van der Waals surface area (Å²) in [4.78, 5) is 23.0. The Kier molecular flexibility index (Phi) is 5.14. The average molecular weight is 287 g/mol. The van der Waals surface area contributed by atoms with Crippen molar-refractivity contribution in [2.75, 3.05) is 5.32 Å². The summed E-state index contributed by atoms with van der Waals surface area (Å²) in [5.74, 6) is -0.754. The lowest BCUT2D eigenvalue weighted by molar-refractivity contribution is -0.132. The molecule has 112 valence electrons. The molecular weight excluding hydrogens is 266 g/mol. The van der Waals surface area contributed by atoms with Crippen LogP contribution in [0.3, 0.4) is 0 Å². The maximum absolute atomic E-state index is 12.2. The Hall–Kier alpha value is -2.10. The molecule has 0 atom stereocenters.